The molecule has 0 spiro atoms. The van der Waals surface area contributed by atoms with E-state index in [1.54, 1.807) is 0 Å². The summed E-state index contributed by atoms with van der Waals surface area (Å²) >= 11 is 0. The predicted molar refractivity (Wildman–Crippen MR) is 74.0 cm³/mol. The molecule has 102 valence electrons. The van der Waals surface area contributed by atoms with Crippen LogP contribution in [0.1, 0.15) is 34.3 Å². The largest absolute Gasteiger partial charge is 0.393 e. The highest BCUT2D eigenvalue weighted by Crippen LogP contribution is 2.38. The minimum Gasteiger partial charge on any atom is -0.393 e. The lowest BCUT2D eigenvalue weighted by molar-refractivity contribution is 0.0752. The highest BCUT2D eigenvalue weighted by molar-refractivity contribution is 5.94. The molecule has 1 saturated carbocycles. The first-order valence-electron chi connectivity index (χ1n) is 7.11. The zero-order valence-electron chi connectivity index (χ0n) is 11.6. The van der Waals surface area contributed by atoms with Crippen molar-refractivity contribution in [2.24, 2.45) is 11.8 Å². The Morgan fingerprint density at radius 3 is 2.68 bits per heavy atom. The van der Waals surface area contributed by atoms with Gasteiger partial charge in [-0.25, -0.2) is 0 Å². The quantitative estimate of drug-likeness (QED) is 0.839. The van der Waals surface area contributed by atoms with Gasteiger partial charge in [0.25, 0.3) is 5.91 Å². The van der Waals surface area contributed by atoms with Crippen LogP contribution in [0.5, 0.6) is 0 Å². The molecule has 0 radical (unpaired) electrons. The number of aryl methyl sites for hydroxylation is 2. The smallest absolute Gasteiger partial charge is 0.253 e. The number of nitrogens with zero attached hydrogens (tertiary/aromatic N) is 1. The Kier molecular flexibility index (Phi) is 3.09. The third-order valence-electron chi connectivity index (χ3n) is 4.86. The standard InChI is InChI=1S/C16H21NO2/c1-10-3-4-12(7-11(10)2)16(19)17-8-13-5-6-15(18)14(13)9-17/h3-4,7,13-15,18H,5-6,8-9H2,1-2H3. The minimum absolute atomic E-state index is 0.115. The molecule has 3 atom stereocenters. The molecule has 0 bridgehead atoms. The Morgan fingerprint density at radius 2 is 2.00 bits per heavy atom. The molecule has 1 aliphatic heterocycles. The Bertz CT molecular complexity index is 511. The molecule has 19 heavy (non-hydrogen) atoms. The normalized spacial score (nSPS) is 29.6. The van der Waals surface area contributed by atoms with Crippen molar-refractivity contribution < 1.29 is 9.90 Å². The topological polar surface area (TPSA) is 40.5 Å². The fourth-order valence-electron chi connectivity index (χ4n) is 3.46. The van der Waals surface area contributed by atoms with Crippen molar-refractivity contribution in [2.45, 2.75) is 32.8 Å². The third-order valence-corrected chi connectivity index (χ3v) is 4.86. The van der Waals surface area contributed by atoms with Crippen LogP contribution in [0.4, 0.5) is 0 Å². The van der Waals surface area contributed by atoms with Gasteiger partial charge in [0.1, 0.15) is 0 Å². The van der Waals surface area contributed by atoms with E-state index in [1.165, 1.54) is 5.56 Å². The zero-order valence-corrected chi connectivity index (χ0v) is 11.6. The summed E-state index contributed by atoms with van der Waals surface area (Å²) in [6.45, 7) is 5.62. The van der Waals surface area contributed by atoms with E-state index < -0.39 is 0 Å². The number of hydrogen-bond acceptors (Lipinski definition) is 2. The van der Waals surface area contributed by atoms with Crippen LogP contribution in [0.3, 0.4) is 0 Å². The van der Waals surface area contributed by atoms with Gasteiger partial charge in [-0.1, -0.05) is 6.07 Å². The van der Waals surface area contributed by atoms with Gasteiger partial charge < -0.3 is 10.0 Å². The average Bonchev–Trinajstić information content (AvgIpc) is 2.95. The van der Waals surface area contributed by atoms with E-state index in [4.69, 9.17) is 0 Å². The third kappa shape index (κ3) is 2.16. The Balaban J connectivity index is 1.76. The van der Waals surface area contributed by atoms with Crippen molar-refractivity contribution in [3.8, 4) is 0 Å². The van der Waals surface area contributed by atoms with E-state index in [0.29, 0.717) is 11.8 Å². The molecule has 3 unspecified atom stereocenters. The van der Waals surface area contributed by atoms with Crippen LogP contribution < -0.4 is 0 Å². The van der Waals surface area contributed by atoms with Gasteiger partial charge >= 0.3 is 0 Å². The van der Waals surface area contributed by atoms with Gasteiger partial charge in [0.15, 0.2) is 0 Å². The number of benzene rings is 1. The highest BCUT2D eigenvalue weighted by Gasteiger charge is 2.43. The van der Waals surface area contributed by atoms with Crippen LogP contribution in [0.2, 0.25) is 0 Å². The first-order valence-corrected chi connectivity index (χ1v) is 7.11. The Hall–Kier alpha value is -1.35. The number of rotatable bonds is 1. The van der Waals surface area contributed by atoms with Crippen LogP contribution in [0, 0.1) is 25.7 Å². The average molecular weight is 259 g/mol. The van der Waals surface area contributed by atoms with Crippen LogP contribution in [0.25, 0.3) is 0 Å². The first kappa shape index (κ1) is 12.7. The fourth-order valence-corrected chi connectivity index (χ4v) is 3.46. The highest BCUT2D eigenvalue weighted by atomic mass is 16.3. The molecule has 1 amide bonds. The van der Waals surface area contributed by atoms with Crippen molar-refractivity contribution in [1.29, 1.82) is 0 Å². The molecule has 1 N–H and O–H groups in total. The molecule has 3 nitrogen and oxygen atoms in total. The summed E-state index contributed by atoms with van der Waals surface area (Å²) in [5.41, 5.74) is 3.15. The molecule has 1 saturated heterocycles. The van der Waals surface area contributed by atoms with Crippen LogP contribution in [-0.2, 0) is 0 Å². The van der Waals surface area contributed by atoms with Gasteiger partial charge in [0, 0.05) is 24.6 Å². The summed E-state index contributed by atoms with van der Waals surface area (Å²) in [5.74, 6) is 0.922. The van der Waals surface area contributed by atoms with Gasteiger partial charge in [-0.3, -0.25) is 4.79 Å². The molecular formula is C16H21NO2. The number of fused-ring (bicyclic) bond motifs is 1. The van der Waals surface area contributed by atoms with Crippen molar-refractivity contribution in [2.75, 3.05) is 13.1 Å². The molecule has 2 fully saturated rings. The van der Waals surface area contributed by atoms with E-state index in [2.05, 4.69) is 6.92 Å². The van der Waals surface area contributed by atoms with E-state index >= 15 is 0 Å². The molecule has 3 heteroatoms. The summed E-state index contributed by atoms with van der Waals surface area (Å²) < 4.78 is 0. The van der Waals surface area contributed by atoms with Crippen molar-refractivity contribution in [1.82, 2.24) is 4.90 Å². The van der Waals surface area contributed by atoms with Crippen LogP contribution in [-0.4, -0.2) is 35.1 Å². The van der Waals surface area contributed by atoms with Gasteiger partial charge in [0.05, 0.1) is 6.10 Å². The lowest BCUT2D eigenvalue weighted by Crippen LogP contribution is -2.31. The maximum atomic E-state index is 12.5. The molecule has 2 aliphatic rings. The lowest BCUT2D eigenvalue weighted by Gasteiger charge is -2.19. The van der Waals surface area contributed by atoms with E-state index in [0.717, 1.165) is 37.1 Å². The van der Waals surface area contributed by atoms with Crippen molar-refractivity contribution in [3.63, 3.8) is 0 Å². The van der Waals surface area contributed by atoms with Crippen molar-refractivity contribution in [3.05, 3.63) is 34.9 Å². The van der Waals surface area contributed by atoms with Gasteiger partial charge in [-0.15, -0.1) is 0 Å². The molecule has 1 aromatic carbocycles. The van der Waals surface area contributed by atoms with Gasteiger partial charge in [-0.2, -0.15) is 0 Å². The van der Waals surface area contributed by atoms with E-state index in [1.807, 2.05) is 30.0 Å². The van der Waals surface area contributed by atoms with Gasteiger partial charge in [-0.05, 0) is 55.9 Å². The van der Waals surface area contributed by atoms with Crippen LogP contribution >= 0.6 is 0 Å². The monoisotopic (exact) mass is 259 g/mol. The van der Waals surface area contributed by atoms with Crippen molar-refractivity contribution >= 4 is 5.91 Å². The second-order valence-corrected chi connectivity index (χ2v) is 6.08. The van der Waals surface area contributed by atoms with E-state index in [-0.39, 0.29) is 12.0 Å². The Labute approximate surface area is 114 Å². The maximum absolute atomic E-state index is 12.5. The molecule has 0 aromatic heterocycles. The number of likely N-dealkylation sites (tertiary alicyclic amines) is 1. The second kappa shape index (κ2) is 4.64. The second-order valence-electron chi connectivity index (χ2n) is 6.08. The zero-order chi connectivity index (χ0) is 13.6. The molecule has 1 heterocycles. The summed E-state index contributed by atoms with van der Waals surface area (Å²) in [5, 5.41) is 9.91. The number of aliphatic hydroxyl groups excluding tert-OH is 1. The number of aliphatic hydroxyl groups is 1. The summed E-state index contributed by atoms with van der Waals surface area (Å²) in [4.78, 5) is 14.4. The minimum atomic E-state index is -0.206. The molecule has 1 aromatic rings. The predicted octanol–water partition coefficient (Wildman–Crippen LogP) is 2.15. The number of carbonyl (C=O) groups is 1. The maximum Gasteiger partial charge on any atom is 0.253 e. The van der Waals surface area contributed by atoms with Crippen LogP contribution in [0.15, 0.2) is 18.2 Å². The SMILES string of the molecule is Cc1ccc(C(=O)N2CC3CCC(O)C3C2)cc1C. The first-order chi connectivity index (χ1) is 9.06. The lowest BCUT2D eigenvalue weighted by atomic mass is 10.00. The van der Waals surface area contributed by atoms with Gasteiger partial charge in [0.2, 0.25) is 0 Å². The Morgan fingerprint density at radius 1 is 1.21 bits per heavy atom. The number of hydrogen-bond donors (Lipinski definition) is 1. The summed E-state index contributed by atoms with van der Waals surface area (Å²) in [6.07, 6.45) is 1.76. The molecular weight excluding hydrogens is 238 g/mol. The molecule has 1 aliphatic carbocycles. The van der Waals surface area contributed by atoms with E-state index in [9.17, 15) is 9.90 Å². The summed E-state index contributed by atoms with van der Waals surface area (Å²) in [6, 6.07) is 5.89. The molecule has 3 rings (SSSR count). The number of amides is 1. The number of carbonyl (C=O) groups excluding carboxylic acids is 1. The summed E-state index contributed by atoms with van der Waals surface area (Å²) in [7, 11) is 0. The fraction of sp³-hybridized carbons (Fsp3) is 0.562.